The molecule has 8 nitrogen and oxygen atoms in total. The van der Waals surface area contributed by atoms with Gasteiger partial charge in [-0.15, -0.1) is 0 Å². The number of nitrogens with one attached hydrogen (secondary N) is 1. The molecule has 0 aliphatic carbocycles. The third-order valence-electron chi connectivity index (χ3n) is 6.29. The van der Waals surface area contributed by atoms with Crippen molar-refractivity contribution < 1.29 is 4.79 Å². The van der Waals surface area contributed by atoms with Crippen molar-refractivity contribution in [3.8, 4) is 11.3 Å². The van der Waals surface area contributed by atoms with Gasteiger partial charge in [-0.1, -0.05) is 20.3 Å². The van der Waals surface area contributed by atoms with Gasteiger partial charge in [-0.2, -0.15) is 5.10 Å². The van der Waals surface area contributed by atoms with Crippen LogP contribution in [0.25, 0.3) is 22.0 Å². The van der Waals surface area contributed by atoms with E-state index in [0.29, 0.717) is 12.4 Å². The Labute approximate surface area is 189 Å². The summed E-state index contributed by atoms with van der Waals surface area (Å²) in [6.07, 6.45) is 9.35. The fourth-order valence-electron chi connectivity index (χ4n) is 4.28. The number of pyridine rings is 2. The van der Waals surface area contributed by atoms with Crippen molar-refractivity contribution in [3.05, 3.63) is 36.4 Å². The van der Waals surface area contributed by atoms with Crippen molar-refractivity contribution >= 4 is 22.5 Å². The quantitative estimate of drug-likeness (QED) is 0.585. The number of rotatable bonds is 8. The number of likely N-dealkylation sites (N-methyl/N-ethyl adjacent to an activating group) is 1. The summed E-state index contributed by atoms with van der Waals surface area (Å²) >= 11 is 0. The molecule has 0 unspecified atom stereocenters. The SMILES string of the molecule is CCN(CC)CC(=O)Nc1cc2cc(-c3cnn(C)c3CN3CCCCC3)ncc2cn1. The molecule has 0 saturated carbocycles. The molecule has 0 atom stereocenters. The maximum absolute atomic E-state index is 12.4. The van der Waals surface area contributed by atoms with E-state index in [9.17, 15) is 4.79 Å². The van der Waals surface area contributed by atoms with Gasteiger partial charge in [0.05, 0.1) is 24.1 Å². The Morgan fingerprint density at radius 3 is 2.53 bits per heavy atom. The van der Waals surface area contributed by atoms with Crippen molar-refractivity contribution in [1.82, 2.24) is 29.5 Å². The van der Waals surface area contributed by atoms with Crippen molar-refractivity contribution in [2.75, 3.05) is 38.0 Å². The van der Waals surface area contributed by atoms with Gasteiger partial charge in [0.2, 0.25) is 5.91 Å². The molecular weight excluding hydrogens is 402 g/mol. The lowest BCUT2D eigenvalue weighted by atomic mass is 10.1. The number of hydrogen-bond acceptors (Lipinski definition) is 6. The lowest BCUT2D eigenvalue weighted by Crippen LogP contribution is -2.33. The van der Waals surface area contributed by atoms with E-state index in [-0.39, 0.29) is 5.91 Å². The average Bonchev–Trinajstić information content (AvgIpc) is 3.17. The second-order valence-electron chi connectivity index (χ2n) is 8.46. The molecule has 32 heavy (non-hydrogen) atoms. The highest BCUT2D eigenvalue weighted by Crippen LogP contribution is 2.27. The summed E-state index contributed by atoms with van der Waals surface area (Å²) < 4.78 is 1.96. The fourth-order valence-corrected chi connectivity index (χ4v) is 4.28. The summed E-state index contributed by atoms with van der Waals surface area (Å²) in [7, 11) is 2.00. The van der Waals surface area contributed by atoms with Gasteiger partial charge in [-0.05, 0) is 56.5 Å². The predicted octanol–water partition coefficient (Wildman–Crippen LogP) is 3.30. The molecular formula is C24H33N7O. The van der Waals surface area contributed by atoms with Crippen LogP contribution in [0.3, 0.4) is 0 Å². The summed E-state index contributed by atoms with van der Waals surface area (Å²) in [5.74, 6) is 0.512. The molecule has 0 spiro atoms. The van der Waals surface area contributed by atoms with Gasteiger partial charge in [-0.3, -0.25) is 24.3 Å². The van der Waals surface area contributed by atoms with E-state index in [4.69, 9.17) is 4.98 Å². The zero-order valence-corrected chi connectivity index (χ0v) is 19.3. The number of carbonyl (C=O) groups is 1. The van der Waals surface area contributed by atoms with Crippen LogP contribution < -0.4 is 5.32 Å². The fraction of sp³-hybridized carbons (Fsp3) is 0.500. The van der Waals surface area contributed by atoms with Crippen LogP contribution in [0.4, 0.5) is 5.82 Å². The molecule has 1 amide bonds. The number of piperidine rings is 1. The summed E-state index contributed by atoms with van der Waals surface area (Å²) in [5, 5.41) is 9.38. The molecule has 4 heterocycles. The summed E-state index contributed by atoms with van der Waals surface area (Å²) in [5.41, 5.74) is 3.13. The van der Waals surface area contributed by atoms with Gasteiger partial charge >= 0.3 is 0 Å². The molecule has 0 radical (unpaired) electrons. The highest BCUT2D eigenvalue weighted by atomic mass is 16.2. The van der Waals surface area contributed by atoms with E-state index in [1.165, 1.54) is 25.0 Å². The first-order valence-corrected chi connectivity index (χ1v) is 11.6. The Hall–Kier alpha value is -2.84. The molecule has 3 aromatic rings. The summed E-state index contributed by atoms with van der Waals surface area (Å²) in [6.45, 7) is 9.31. The zero-order valence-electron chi connectivity index (χ0n) is 19.3. The van der Waals surface area contributed by atoms with Crippen LogP contribution in [0.1, 0.15) is 38.8 Å². The van der Waals surface area contributed by atoms with Gasteiger partial charge in [0.25, 0.3) is 0 Å². The number of hydrogen-bond donors (Lipinski definition) is 1. The zero-order chi connectivity index (χ0) is 22.5. The smallest absolute Gasteiger partial charge is 0.239 e. The van der Waals surface area contributed by atoms with Gasteiger partial charge in [0.1, 0.15) is 5.82 Å². The number of carbonyl (C=O) groups excluding carboxylic acids is 1. The lowest BCUT2D eigenvalue weighted by molar-refractivity contribution is -0.117. The minimum absolute atomic E-state index is 0.0501. The second-order valence-corrected chi connectivity index (χ2v) is 8.46. The van der Waals surface area contributed by atoms with Gasteiger partial charge in [0.15, 0.2) is 0 Å². The van der Waals surface area contributed by atoms with Crippen molar-refractivity contribution in [2.24, 2.45) is 7.05 Å². The molecule has 1 fully saturated rings. The maximum Gasteiger partial charge on any atom is 0.239 e. The number of aromatic nitrogens is 4. The number of amides is 1. The molecule has 1 aliphatic rings. The average molecular weight is 436 g/mol. The molecule has 0 aromatic carbocycles. The number of likely N-dealkylation sites (tertiary alicyclic amines) is 1. The van der Waals surface area contributed by atoms with E-state index in [2.05, 4.69) is 45.1 Å². The third-order valence-corrected chi connectivity index (χ3v) is 6.29. The largest absolute Gasteiger partial charge is 0.310 e. The first-order valence-electron chi connectivity index (χ1n) is 11.6. The van der Waals surface area contributed by atoms with Crippen LogP contribution in [-0.2, 0) is 18.4 Å². The van der Waals surface area contributed by atoms with Gasteiger partial charge in [-0.25, -0.2) is 4.98 Å². The molecule has 8 heteroatoms. The third kappa shape index (κ3) is 5.14. The van der Waals surface area contributed by atoms with Gasteiger partial charge in [0, 0.05) is 36.9 Å². The summed E-state index contributed by atoms with van der Waals surface area (Å²) in [4.78, 5) is 26.0. The number of anilines is 1. The van der Waals surface area contributed by atoms with E-state index in [1.807, 2.05) is 30.2 Å². The minimum Gasteiger partial charge on any atom is -0.310 e. The Bertz CT molecular complexity index is 1070. The lowest BCUT2D eigenvalue weighted by Gasteiger charge is -2.26. The standard InChI is InChI=1S/C24H33N7O/c1-4-30(5-2)17-24(32)28-23-12-18-11-21(25-13-19(18)14-26-23)20-15-27-29(3)22(20)16-31-9-7-6-8-10-31/h11-15H,4-10,16-17H2,1-3H3,(H,26,28,32). The van der Waals surface area contributed by atoms with Crippen molar-refractivity contribution in [2.45, 2.75) is 39.7 Å². The highest BCUT2D eigenvalue weighted by Gasteiger charge is 2.18. The number of nitrogens with zero attached hydrogens (tertiary/aromatic N) is 6. The molecule has 0 bridgehead atoms. The predicted molar refractivity (Wildman–Crippen MR) is 127 cm³/mol. The number of aryl methyl sites for hydroxylation is 1. The normalized spacial score (nSPS) is 14.9. The second kappa shape index (κ2) is 10.2. The van der Waals surface area contributed by atoms with Crippen molar-refractivity contribution in [1.29, 1.82) is 0 Å². The first kappa shape index (κ1) is 22.4. The van der Waals surface area contributed by atoms with Crippen LogP contribution in [0.15, 0.2) is 30.7 Å². The van der Waals surface area contributed by atoms with Crippen LogP contribution in [0.2, 0.25) is 0 Å². The molecule has 1 saturated heterocycles. The van der Waals surface area contributed by atoms with Crippen LogP contribution in [0.5, 0.6) is 0 Å². The number of fused-ring (bicyclic) bond motifs is 1. The minimum atomic E-state index is -0.0501. The first-order chi connectivity index (χ1) is 15.6. The van der Waals surface area contributed by atoms with Crippen molar-refractivity contribution in [3.63, 3.8) is 0 Å². The Morgan fingerprint density at radius 1 is 1.03 bits per heavy atom. The Morgan fingerprint density at radius 2 is 1.78 bits per heavy atom. The molecule has 4 rings (SSSR count). The van der Waals surface area contributed by atoms with E-state index >= 15 is 0 Å². The summed E-state index contributed by atoms with van der Waals surface area (Å²) in [6, 6.07) is 3.98. The van der Waals surface area contributed by atoms with Crippen LogP contribution >= 0.6 is 0 Å². The highest BCUT2D eigenvalue weighted by molar-refractivity contribution is 5.94. The molecule has 1 aliphatic heterocycles. The Balaban J connectivity index is 1.56. The van der Waals surface area contributed by atoms with Crippen LogP contribution in [-0.4, -0.2) is 68.2 Å². The van der Waals surface area contributed by atoms with Gasteiger partial charge < -0.3 is 5.32 Å². The van der Waals surface area contributed by atoms with Crippen LogP contribution in [0, 0.1) is 0 Å². The van der Waals surface area contributed by atoms with E-state index < -0.39 is 0 Å². The maximum atomic E-state index is 12.4. The van der Waals surface area contributed by atoms with E-state index in [1.54, 1.807) is 6.20 Å². The molecule has 170 valence electrons. The molecule has 1 N–H and O–H groups in total. The molecule has 3 aromatic heterocycles. The monoisotopic (exact) mass is 435 g/mol. The Kier molecular flexibility index (Phi) is 7.12. The van der Waals surface area contributed by atoms with E-state index in [0.717, 1.165) is 54.8 Å². The topological polar surface area (TPSA) is 79.2 Å².